The monoisotopic (exact) mass is 355 g/mol. The molecule has 3 aromatic heterocycles. The summed E-state index contributed by atoms with van der Waals surface area (Å²) in [7, 11) is 0. The highest BCUT2D eigenvalue weighted by molar-refractivity contribution is 9.10. The average Bonchev–Trinajstić information content (AvgIpc) is 3.04. The van der Waals surface area contributed by atoms with Gasteiger partial charge in [0.05, 0.1) is 11.6 Å². The molecule has 19 heavy (non-hydrogen) atoms. The topological polar surface area (TPSA) is 80.5 Å². The Morgan fingerprint density at radius 2 is 2.32 bits per heavy atom. The first kappa shape index (κ1) is 13.0. The summed E-state index contributed by atoms with van der Waals surface area (Å²) in [5.41, 5.74) is 7.43. The number of nitrogens with two attached hydrogens (primary N) is 1. The first-order chi connectivity index (χ1) is 9.28. The second kappa shape index (κ2) is 5.58. The number of imidazole rings is 1. The fourth-order valence-corrected chi connectivity index (χ4v) is 4.36. The first-order valence-electron chi connectivity index (χ1n) is 5.52. The second-order valence-corrected chi connectivity index (χ2v) is 6.84. The molecule has 3 aromatic rings. The van der Waals surface area contributed by atoms with E-state index in [1.165, 1.54) is 11.2 Å². The van der Waals surface area contributed by atoms with E-state index in [0.717, 1.165) is 15.0 Å². The van der Waals surface area contributed by atoms with Crippen LogP contribution in [-0.2, 0) is 0 Å². The molecule has 0 aliphatic rings. The van der Waals surface area contributed by atoms with Gasteiger partial charge in [-0.05, 0) is 22.0 Å². The van der Waals surface area contributed by atoms with Crippen LogP contribution in [0.2, 0.25) is 0 Å². The molecule has 1 unspecified atom stereocenters. The fourth-order valence-electron chi connectivity index (χ4n) is 1.69. The Balaban J connectivity index is 1.92. The number of thioether (sulfide) groups is 1. The predicted molar refractivity (Wildman–Crippen MR) is 81.4 cm³/mol. The van der Waals surface area contributed by atoms with Crippen molar-refractivity contribution < 1.29 is 0 Å². The van der Waals surface area contributed by atoms with Crippen LogP contribution in [0.3, 0.4) is 0 Å². The lowest BCUT2D eigenvalue weighted by Crippen LogP contribution is -2.08. The zero-order valence-electron chi connectivity index (χ0n) is 9.71. The smallest absolute Gasteiger partial charge is 0.181 e. The molecule has 3 rings (SSSR count). The number of aromatic nitrogens is 4. The molecule has 0 amide bonds. The van der Waals surface area contributed by atoms with Crippen molar-refractivity contribution in [2.45, 2.75) is 10.3 Å². The van der Waals surface area contributed by atoms with Gasteiger partial charge < -0.3 is 10.7 Å². The molecule has 5 nitrogen and oxygen atoms in total. The van der Waals surface area contributed by atoms with Crippen LogP contribution in [-0.4, -0.2) is 26.5 Å². The van der Waals surface area contributed by atoms with Gasteiger partial charge in [0.2, 0.25) is 0 Å². The van der Waals surface area contributed by atoms with Crippen LogP contribution < -0.4 is 5.73 Å². The molecule has 3 N–H and O–H groups in total. The molecule has 0 radical (unpaired) electrons. The lowest BCUT2D eigenvalue weighted by atomic mass is 10.3. The van der Waals surface area contributed by atoms with Crippen LogP contribution in [0.1, 0.15) is 10.1 Å². The maximum atomic E-state index is 5.88. The van der Waals surface area contributed by atoms with Gasteiger partial charge >= 0.3 is 0 Å². The molecule has 3 heterocycles. The van der Waals surface area contributed by atoms with Crippen LogP contribution in [0.15, 0.2) is 33.6 Å². The Labute approximate surface area is 126 Å². The molecule has 98 valence electrons. The van der Waals surface area contributed by atoms with E-state index < -0.39 is 0 Å². The van der Waals surface area contributed by atoms with Crippen molar-refractivity contribution in [2.75, 3.05) is 6.54 Å². The quantitative estimate of drug-likeness (QED) is 0.555. The molecule has 0 bridgehead atoms. The van der Waals surface area contributed by atoms with Gasteiger partial charge in [-0.15, -0.1) is 11.3 Å². The third-order valence-electron chi connectivity index (χ3n) is 2.56. The van der Waals surface area contributed by atoms with E-state index in [1.54, 1.807) is 29.4 Å². The van der Waals surface area contributed by atoms with Gasteiger partial charge in [-0.25, -0.2) is 15.0 Å². The van der Waals surface area contributed by atoms with Gasteiger partial charge in [-0.1, -0.05) is 11.8 Å². The molecule has 0 spiro atoms. The van der Waals surface area contributed by atoms with Gasteiger partial charge in [0.1, 0.15) is 16.9 Å². The second-order valence-electron chi connectivity index (χ2n) is 3.79. The maximum Gasteiger partial charge on any atom is 0.181 e. The van der Waals surface area contributed by atoms with E-state index in [4.69, 9.17) is 5.73 Å². The number of rotatable bonds is 4. The van der Waals surface area contributed by atoms with Crippen LogP contribution in [0, 0.1) is 0 Å². The summed E-state index contributed by atoms with van der Waals surface area (Å²) in [6, 6.07) is 2.10. The minimum absolute atomic E-state index is 0.178. The molecule has 0 saturated heterocycles. The molecule has 0 aliphatic heterocycles. The van der Waals surface area contributed by atoms with Crippen molar-refractivity contribution in [3.8, 4) is 0 Å². The summed E-state index contributed by atoms with van der Waals surface area (Å²) in [6.45, 7) is 0.553. The van der Waals surface area contributed by atoms with E-state index in [0.29, 0.717) is 12.2 Å². The molecule has 0 aliphatic carbocycles. The number of nitrogens with zero attached hydrogens (tertiary/aromatic N) is 3. The van der Waals surface area contributed by atoms with Crippen molar-refractivity contribution in [3.05, 3.63) is 33.5 Å². The van der Waals surface area contributed by atoms with Gasteiger partial charge in [0.15, 0.2) is 5.65 Å². The minimum atomic E-state index is 0.178. The fraction of sp³-hybridized carbons (Fsp3) is 0.182. The van der Waals surface area contributed by atoms with Crippen LogP contribution >= 0.6 is 39.0 Å². The summed E-state index contributed by atoms with van der Waals surface area (Å²) >= 11 is 6.79. The average molecular weight is 356 g/mol. The summed E-state index contributed by atoms with van der Waals surface area (Å²) in [6.07, 6.45) is 3.16. The predicted octanol–water partition coefficient (Wildman–Crippen LogP) is 2.97. The largest absolute Gasteiger partial charge is 0.341 e. The van der Waals surface area contributed by atoms with Gasteiger partial charge in [-0.2, -0.15) is 0 Å². The Morgan fingerprint density at radius 3 is 3.05 bits per heavy atom. The highest BCUT2D eigenvalue weighted by Crippen LogP contribution is 2.39. The number of H-pyrrole nitrogens is 1. The van der Waals surface area contributed by atoms with Crippen LogP contribution in [0.4, 0.5) is 0 Å². The van der Waals surface area contributed by atoms with E-state index >= 15 is 0 Å². The summed E-state index contributed by atoms with van der Waals surface area (Å²) < 4.78 is 1.08. The highest BCUT2D eigenvalue weighted by Gasteiger charge is 2.17. The van der Waals surface area contributed by atoms with Crippen molar-refractivity contribution in [1.82, 2.24) is 19.9 Å². The first-order valence-corrected chi connectivity index (χ1v) is 8.08. The molecular weight excluding hydrogens is 346 g/mol. The summed E-state index contributed by atoms with van der Waals surface area (Å²) in [4.78, 5) is 16.9. The standard InChI is InChI=1S/C11H10BrN5S2/c12-6-1-7(18-3-6)8(2-13)19-11-9-10(15-4-14-9)16-5-17-11/h1,3-5,8H,2,13H2,(H,14,15,16,17). The maximum absolute atomic E-state index is 5.88. The number of halogens is 1. The molecular formula is C11H10BrN5S2. The number of hydrogen-bond donors (Lipinski definition) is 2. The number of fused-ring (bicyclic) bond motifs is 1. The van der Waals surface area contributed by atoms with Crippen molar-refractivity contribution in [3.63, 3.8) is 0 Å². The molecule has 0 saturated carbocycles. The zero-order valence-corrected chi connectivity index (χ0v) is 12.9. The zero-order chi connectivity index (χ0) is 13.2. The molecule has 0 aromatic carbocycles. The van der Waals surface area contributed by atoms with Crippen molar-refractivity contribution in [1.29, 1.82) is 0 Å². The lowest BCUT2D eigenvalue weighted by molar-refractivity contribution is 0.952. The van der Waals surface area contributed by atoms with E-state index in [2.05, 4.69) is 47.3 Å². The minimum Gasteiger partial charge on any atom is -0.341 e. The normalized spacial score (nSPS) is 12.9. The number of thiophene rings is 1. The van der Waals surface area contributed by atoms with E-state index in [1.807, 2.05) is 0 Å². The third-order valence-corrected chi connectivity index (χ3v) is 5.78. The van der Waals surface area contributed by atoms with E-state index in [-0.39, 0.29) is 5.25 Å². The van der Waals surface area contributed by atoms with Crippen LogP contribution in [0.25, 0.3) is 11.2 Å². The number of hydrogen-bond acceptors (Lipinski definition) is 6. The third kappa shape index (κ3) is 2.66. The number of aromatic amines is 1. The lowest BCUT2D eigenvalue weighted by Gasteiger charge is -2.11. The summed E-state index contributed by atoms with van der Waals surface area (Å²) in [5, 5.41) is 3.12. The van der Waals surface area contributed by atoms with Gasteiger partial charge in [0.25, 0.3) is 0 Å². The Bertz CT molecular complexity index is 695. The summed E-state index contributed by atoms with van der Waals surface area (Å²) in [5.74, 6) is 0. The van der Waals surface area contributed by atoms with E-state index in [9.17, 15) is 0 Å². The van der Waals surface area contributed by atoms with Gasteiger partial charge in [-0.3, -0.25) is 0 Å². The Morgan fingerprint density at radius 1 is 1.42 bits per heavy atom. The van der Waals surface area contributed by atoms with Crippen molar-refractivity contribution in [2.24, 2.45) is 5.73 Å². The number of nitrogens with one attached hydrogen (secondary N) is 1. The van der Waals surface area contributed by atoms with Crippen LogP contribution in [0.5, 0.6) is 0 Å². The molecule has 8 heteroatoms. The SMILES string of the molecule is NCC(Sc1ncnc2nc[nH]c12)c1cc(Br)cs1. The van der Waals surface area contributed by atoms with Crippen molar-refractivity contribution >= 4 is 50.2 Å². The Hall–Kier alpha value is -0.960. The molecule has 0 fully saturated rings. The Kier molecular flexibility index (Phi) is 3.83. The highest BCUT2D eigenvalue weighted by atomic mass is 79.9. The molecule has 1 atom stereocenters. The van der Waals surface area contributed by atoms with Gasteiger partial charge in [0, 0.05) is 21.3 Å².